The van der Waals surface area contributed by atoms with E-state index in [2.05, 4.69) is 25.9 Å². The van der Waals surface area contributed by atoms with Crippen molar-refractivity contribution in [2.75, 3.05) is 10.6 Å². The molecule has 9 heteroatoms. The Hall–Kier alpha value is -2.39. The van der Waals surface area contributed by atoms with Crippen molar-refractivity contribution < 1.29 is 4.79 Å². The zero-order chi connectivity index (χ0) is 18.5. The van der Waals surface area contributed by atoms with Gasteiger partial charge in [0.2, 0.25) is 11.0 Å². The predicted octanol–water partition coefficient (Wildman–Crippen LogP) is 4.18. The van der Waals surface area contributed by atoms with Gasteiger partial charge in [-0.2, -0.15) is 5.10 Å². The van der Waals surface area contributed by atoms with Crippen molar-refractivity contribution in [1.29, 1.82) is 0 Å². The van der Waals surface area contributed by atoms with Gasteiger partial charge in [0.05, 0.1) is 11.4 Å². The van der Waals surface area contributed by atoms with Crippen molar-refractivity contribution >= 4 is 45.6 Å². The molecule has 0 radical (unpaired) electrons. The summed E-state index contributed by atoms with van der Waals surface area (Å²) in [6.07, 6.45) is 1.68. The van der Waals surface area contributed by atoms with Crippen molar-refractivity contribution in [3.63, 3.8) is 0 Å². The predicted molar refractivity (Wildman–Crippen MR) is 106 cm³/mol. The van der Waals surface area contributed by atoms with Gasteiger partial charge < -0.3 is 10.6 Å². The van der Waals surface area contributed by atoms with E-state index < -0.39 is 0 Å². The number of hydrogen-bond acceptors (Lipinski definition) is 7. The first-order valence-electron chi connectivity index (χ1n) is 8.19. The summed E-state index contributed by atoms with van der Waals surface area (Å²) < 4.78 is 2.52. The number of amides is 1. The molecule has 0 aliphatic rings. The summed E-state index contributed by atoms with van der Waals surface area (Å²) in [4.78, 5) is 12.5. The van der Waals surface area contributed by atoms with Gasteiger partial charge in [-0.3, -0.25) is 4.79 Å². The van der Waals surface area contributed by atoms with Crippen LogP contribution in [-0.4, -0.2) is 31.1 Å². The second kappa shape index (κ2) is 8.33. The van der Waals surface area contributed by atoms with Crippen LogP contribution in [0.4, 0.5) is 16.6 Å². The lowest BCUT2D eigenvalue weighted by Gasteiger charge is -2.14. The smallest absolute Gasteiger partial charge is 0.238 e. The molecule has 2 aromatic heterocycles. The van der Waals surface area contributed by atoms with Crippen LogP contribution in [0.15, 0.2) is 46.9 Å². The molecule has 0 saturated carbocycles. The minimum Gasteiger partial charge on any atom is -0.330 e. The Bertz CT molecular complexity index is 861. The van der Waals surface area contributed by atoms with E-state index in [9.17, 15) is 4.79 Å². The molecule has 2 heterocycles. The number of aromatic nitrogens is 4. The Balaban J connectivity index is 1.58. The SMILES string of the molecule is CC(C)n1nccc1NC(=O)[C@@H](C)Sc1nnc(Nc2ccccc2)s1. The molecule has 1 atom stereocenters. The number of hydrogen-bond donors (Lipinski definition) is 2. The summed E-state index contributed by atoms with van der Waals surface area (Å²) in [5.74, 6) is 0.603. The number of carbonyl (C=O) groups is 1. The van der Waals surface area contributed by atoms with E-state index in [0.29, 0.717) is 10.9 Å². The summed E-state index contributed by atoms with van der Waals surface area (Å²) in [7, 11) is 0. The Labute approximate surface area is 160 Å². The lowest BCUT2D eigenvalue weighted by molar-refractivity contribution is -0.115. The zero-order valence-electron chi connectivity index (χ0n) is 14.7. The number of rotatable bonds is 7. The lowest BCUT2D eigenvalue weighted by Crippen LogP contribution is -2.24. The minimum absolute atomic E-state index is 0.0924. The first-order valence-corrected chi connectivity index (χ1v) is 9.89. The fourth-order valence-electron chi connectivity index (χ4n) is 2.21. The number of para-hydroxylation sites is 1. The summed E-state index contributed by atoms with van der Waals surface area (Å²) in [5.41, 5.74) is 0.952. The summed E-state index contributed by atoms with van der Waals surface area (Å²) in [6.45, 7) is 5.88. The first kappa shape index (κ1) is 18.4. The molecule has 0 unspecified atom stereocenters. The molecule has 0 aliphatic carbocycles. The molecule has 0 fully saturated rings. The first-order chi connectivity index (χ1) is 12.5. The highest BCUT2D eigenvalue weighted by molar-refractivity contribution is 8.02. The third kappa shape index (κ3) is 4.61. The Morgan fingerprint density at radius 2 is 1.92 bits per heavy atom. The van der Waals surface area contributed by atoms with E-state index in [4.69, 9.17) is 0 Å². The van der Waals surface area contributed by atoms with Crippen molar-refractivity contribution in [3.05, 3.63) is 42.6 Å². The van der Waals surface area contributed by atoms with E-state index in [0.717, 1.165) is 10.0 Å². The van der Waals surface area contributed by atoms with Gasteiger partial charge in [-0.15, -0.1) is 10.2 Å². The van der Waals surface area contributed by atoms with Crippen molar-refractivity contribution in [1.82, 2.24) is 20.0 Å². The molecule has 0 aliphatic heterocycles. The van der Waals surface area contributed by atoms with Gasteiger partial charge in [0.25, 0.3) is 0 Å². The van der Waals surface area contributed by atoms with Gasteiger partial charge in [0, 0.05) is 17.8 Å². The number of nitrogens with zero attached hydrogens (tertiary/aromatic N) is 4. The topological polar surface area (TPSA) is 84.7 Å². The maximum absolute atomic E-state index is 12.5. The second-order valence-corrected chi connectivity index (χ2v) is 8.43. The molecule has 0 bridgehead atoms. The lowest BCUT2D eigenvalue weighted by atomic mass is 10.3. The van der Waals surface area contributed by atoms with Crippen LogP contribution >= 0.6 is 23.1 Å². The Kier molecular flexibility index (Phi) is 5.89. The minimum atomic E-state index is -0.303. The van der Waals surface area contributed by atoms with Crippen molar-refractivity contribution in [2.45, 2.75) is 36.4 Å². The van der Waals surface area contributed by atoms with E-state index in [1.54, 1.807) is 16.9 Å². The maximum Gasteiger partial charge on any atom is 0.238 e. The van der Waals surface area contributed by atoms with Gasteiger partial charge in [-0.25, -0.2) is 4.68 Å². The molecular formula is C17H20N6OS2. The van der Waals surface area contributed by atoms with Crippen LogP contribution in [0, 0.1) is 0 Å². The Morgan fingerprint density at radius 3 is 2.65 bits per heavy atom. The quantitative estimate of drug-likeness (QED) is 0.591. The average Bonchev–Trinajstić information content (AvgIpc) is 3.25. The van der Waals surface area contributed by atoms with Gasteiger partial charge in [0.15, 0.2) is 4.34 Å². The zero-order valence-corrected chi connectivity index (χ0v) is 16.3. The highest BCUT2D eigenvalue weighted by Crippen LogP contribution is 2.30. The fraction of sp³-hybridized carbons (Fsp3) is 0.294. The summed E-state index contributed by atoms with van der Waals surface area (Å²) in [6, 6.07) is 11.8. The maximum atomic E-state index is 12.5. The van der Waals surface area contributed by atoms with Crippen LogP contribution in [0.5, 0.6) is 0 Å². The molecule has 3 aromatic rings. The number of benzene rings is 1. The largest absolute Gasteiger partial charge is 0.330 e. The van der Waals surface area contributed by atoms with Crippen molar-refractivity contribution in [3.8, 4) is 0 Å². The average molecular weight is 389 g/mol. The van der Waals surface area contributed by atoms with Crippen LogP contribution in [0.2, 0.25) is 0 Å². The molecule has 136 valence electrons. The molecule has 3 rings (SSSR count). The third-order valence-electron chi connectivity index (χ3n) is 3.49. The van der Waals surface area contributed by atoms with Crippen LogP contribution in [0.1, 0.15) is 26.8 Å². The molecule has 26 heavy (non-hydrogen) atoms. The molecule has 7 nitrogen and oxygen atoms in total. The Morgan fingerprint density at radius 1 is 1.15 bits per heavy atom. The molecule has 1 aromatic carbocycles. The van der Waals surface area contributed by atoms with Crippen LogP contribution in [0.25, 0.3) is 0 Å². The van der Waals surface area contributed by atoms with Gasteiger partial charge in [-0.05, 0) is 32.9 Å². The summed E-state index contributed by atoms with van der Waals surface area (Å²) in [5, 5.41) is 19.0. The number of anilines is 3. The molecule has 2 N–H and O–H groups in total. The van der Waals surface area contributed by atoms with E-state index in [1.807, 2.05) is 51.1 Å². The number of thioether (sulfide) groups is 1. The highest BCUT2D eigenvalue weighted by atomic mass is 32.2. The van der Waals surface area contributed by atoms with Crippen LogP contribution in [-0.2, 0) is 4.79 Å². The highest BCUT2D eigenvalue weighted by Gasteiger charge is 2.19. The molecule has 0 saturated heterocycles. The fourth-order valence-corrected chi connectivity index (χ4v) is 4.13. The van der Waals surface area contributed by atoms with E-state index >= 15 is 0 Å². The van der Waals surface area contributed by atoms with Gasteiger partial charge >= 0.3 is 0 Å². The third-order valence-corrected chi connectivity index (χ3v) is 5.51. The standard InChI is InChI=1S/C17H20N6OS2/c1-11(2)23-14(9-10-18-23)20-15(24)12(3)25-17-22-21-16(26-17)19-13-7-5-4-6-8-13/h4-12H,1-3H3,(H,19,21)(H,20,24)/t12-/m1/s1. The van der Waals surface area contributed by atoms with Gasteiger partial charge in [-0.1, -0.05) is 41.3 Å². The monoisotopic (exact) mass is 388 g/mol. The summed E-state index contributed by atoms with van der Waals surface area (Å²) >= 11 is 2.80. The molecular weight excluding hydrogens is 368 g/mol. The van der Waals surface area contributed by atoms with Crippen LogP contribution < -0.4 is 10.6 Å². The second-order valence-electron chi connectivity index (χ2n) is 5.87. The normalized spacial score (nSPS) is 12.2. The van der Waals surface area contributed by atoms with Crippen molar-refractivity contribution in [2.24, 2.45) is 0 Å². The molecule has 1 amide bonds. The number of nitrogens with one attached hydrogen (secondary N) is 2. The van der Waals surface area contributed by atoms with E-state index in [-0.39, 0.29) is 17.2 Å². The van der Waals surface area contributed by atoms with Crippen LogP contribution in [0.3, 0.4) is 0 Å². The number of carbonyl (C=O) groups excluding carboxylic acids is 1. The van der Waals surface area contributed by atoms with E-state index in [1.165, 1.54) is 23.1 Å². The van der Waals surface area contributed by atoms with Gasteiger partial charge in [0.1, 0.15) is 5.82 Å². The molecule has 0 spiro atoms.